The second kappa shape index (κ2) is 10.3. The summed E-state index contributed by atoms with van der Waals surface area (Å²) in [6, 6.07) is 8.92. The number of fused-ring (bicyclic) bond motifs is 1. The molecule has 1 aliphatic rings. The zero-order chi connectivity index (χ0) is 28.9. The number of hydrogen-bond acceptors (Lipinski definition) is 7. The standard InChI is InChI=1S/C29H24BrF2N7O2/c1-4-29(31,32)21-14-38(2)25(36-21)18-7-5-16(6-8-18)13-39-26-19(11-20(30)28(39)40)12-33-24(37-26)22-23(17-9-10-17)34-15-35-27(22)41-3/h4-8,11-12,14-15,17H,1,9-10,13H2,2-3H3. The number of alkyl halides is 2. The molecular weight excluding hydrogens is 596 g/mol. The molecule has 0 saturated heterocycles. The quantitative estimate of drug-likeness (QED) is 0.208. The summed E-state index contributed by atoms with van der Waals surface area (Å²) in [5, 5.41) is 0.671. The molecule has 0 spiro atoms. The van der Waals surface area contributed by atoms with Crippen molar-refractivity contribution in [2.45, 2.75) is 31.2 Å². The van der Waals surface area contributed by atoms with Crippen LogP contribution in [-0.4, -0.2) is 41.2 Å². The van der Waals surface area contributed by atoms with Crippen LogP contribution >= 0.6 is 15.9 Å². The number of nitrogens with zero attached hydrogens (tertiary/aromatic N) is 7. The lowest BCUT2D eigenvalue weighted by molar-refractivity contribution is 0.0480. The molecule has 0 unspecified atom stereocenters. The first-order valence-electron chi connectivity index (χ1n) is 12.8. The SMILES string of the molecule is C=CC(F)(F)c1cn(C)c(-c2ccc(Cn3c(=O)c(Br)cc4cnc(-c5c(OC)ncnc5C5CC5)nc43)cc2)n1. The minimum atomic E-state index is -3.23. The van der Waals surface area contributed by atoms with E-state index < -0.39 is 5.92 Å². The Labute approximate surface area is 241 Å². The summed E-state index contributed by atoms with van der Waals surface area (Å²) >= 11 is 3.37. The number of ether oxygens (including phenoxy) is 1. The van der Waals surface area contributed by atoms with Crippen LogP contribution in [0.1, 0.15) is 35.7 Å². The van der Waals surface area contributed by atoms with Gasteiger partial charge in [-0.05, 0) is 46.5 Å². The van der Waals surface area contributed by atoms with Crippen LogP contribution in [0.15, 0.2) is 71.0 Å². The van der Waals surface area contributed by atoms with Crippen LogP contribution in [-0.2, 0) is 19.5 Å². The third-order valence-corrected chi connectivity index (χ3v) is 7.60. The molecule has 9 nitrogen and oxygen atoms in total. The molecule has 1 saturated carbocycles. The van der Waals surface area contributed by atoms with Crippen LogP contribution in [0, 0.1) is 0 Å². The van der Waals surface area contributed by atoms with E-state index >= 15 is 0 Å². The average molecular weight is 620 g/mol. The van der Waals surface area contributed by atoms with Gasteiger partial charge in [-0.25, -0.2) is 24.9 Å². The highest BCUT2D eigenvalue weighted by Crippen LogP contribution is 2.45. The lowest BCUT2D eigenvalue weighted by Crippen LogP contribution is -2.22. The van der Waals surface area contributed by atoms with Crippen LogP contribution in [0.25, 0.3) is 33.8 Å². The highest BCUT2D eigenvalue weighted by molar-refractivity contribution is 9.10. The number of benzene rings is 1. The van der Waals surface area contributed by atoms with Gasteiger partial charge in [-0.15, -0.1) is 0 Å². The molecule has 0 atom stereocenters. The van der Waals surface area contributed by atoms with E-state index in [0.29, 0.717) is 56.2 Å². The fourth-order valence-corrected chi connectivity index (χ4v) is 5.21. The van der Waals surface area contributed by atoms with Crippen molar-refractivity contribution in [3.8, 4) is 28.7 Å². The molecule has 4 aromatic heterocycles. The first-order valence-corrected chi connectivity index (χ1v) is 13.6. The topological polar surface area (TPSA) is 101 Å². The number of hydrogen-bond donors (Lipinski definition) is 0. The van der Waals surface area contributed by atoms with E-state index in [4.69, 9.17) is 9.72 Å². The summed E-state index contributed by atoms with van der Waals surface area (Å²) in [7, 11) is 3.20. The van der Waals surface area contributed by atoms with E-state index in [1.807, 2.05) is 12.1 Å². The van der Waals surface area contributed by atoms with Gasteiger partial charge in [-0.1, -0.05) is 30.8 Å². The Balaban J connectivity index is 1.39. The molecule has 0 bridgehead atoms. The zero-order valence-corrected chi connectivity index (χ0v) is 23.8. The van der Waals surface area contributed by atoms with Gasteiger partial charge in [0.05, 0.1) is 23.8 Å². The van der Waals surface area contributed by atoms with E-state index in [2.05, 4.69) is 42.4 Å². The number of rotatable bonds is 8. The van der Waals surface area contributed by atoms with Crippen molar-refractivity contribution < 1.29 is 13.5 Å². The molecule has 0 radical (unpaired) electrons. The van der Waals surface area contributed by atoms with Gasteiger partial charge in [-0.3, -0.25) is 9.36 Å². The van der Waals surface area contributed by atoms with Gasteiger partial charge < -0.3 is 9.30 Å². The van der Waals surface area contributed by atoms with Crippen LogP contribution in [0.3, 0.4) is 0 Å². The average Bonchev–Trinajstić information content (AvgIpc) is 3.75. The molecule has 0 amide bonds. The van der Waals surface area contributed by atoms with Crippen molar-refractivity contribution in [1.29, 1.82) is 0 Å². The van der Waals surface area contributed by atoms with E-state index in [1.165, 1.54) is 19.6 Å². The first kappa shape index (κ1) is 26.9. The molecule has 1 aromatic carbocycles. The van der Waals surface area contributed by atoms with Gasteiger partial charge in [0.25, 0.3) is 5.56 Å². The minimum absolute atomic E-state index is 0.212. The number of halogens is 3. The third kappa shape index (κ3) is 4.92. The van der Waals surface area contributed by atoms with Crippen molar-refractivity contribution in [1.82, 2.24) is 34.1 Å². The summed E-state index contributed by atoms with van der Waals surface area (Å²) in [5.74, 6) is -1.78. The van der Waals surface area contributed by atoms with E-state index in [0.717, 1.165) is 24.1 Å². The second-order valence-electron chi connectivity index (χ2n) is 9.86. The van der Waals surface area contributed by atoms with Gasteiger partial charge >= 0.3 is 5.92 Å². The zero-order valence-electron chi connectivity index (χ0n) is 22.2. The highest BCUT2D eigenvalue weighted by Gasteiger charge is 2.32. The van der Waals surface area contributed by atoms with Gasteiger partial charge in [0, 0.05) is 36.3 Å². The van der Waals surface area contributed by atoms with Crippen molar-refractivity contribution in [2.75, 3.05) is 7.11 Å². The Morgan fingerprint density at radius 3 is 2.61 bits per heavy atom. The smallest absolute Gasteiger partial charge is 0.309 e. The predicted molar refractivity (Wildman–Crippen MR) is 153 cm³/mol. The summed E-state index contributed by atoms with van der Waals surface area (Å²) in [4.78, 5) is 35.6. The molecule has 0 aliphatic heterocycles. The first-order chi connectivity index (χ1) is 19.7. The number of pyridine rings is 1. The van der Waals surface area contributed by atoms with Crippen LogP contribution in [0.2, 0.25) is 0 Å². The van der Waals surface area contributed by atoms with Gasteiger partial charge in [0.1, 0.15) is 29.1 Å². The minimum Gasteiger partial charge on any atom is -0.480 e. The Morgan fingerprint density at radius 2 is 1.93 bits per heavy atom. The fraction of sp³-hybridized carbons (Fsp3) is 0.241. The van der Waals surface area contributed by atoms with E-state index in [9.17, 15) is 13.6 Å². The monoisotopic (exact) mass is 619 g/mol. The lowest BCUT2D eigenvalue weighted by atomic mass is 10.1. The summed E-state index contributed by atoms with van der Waals surface area (Å²) in [5.41, 5.74) is 2.73. The lowest BCUT2D eigenvalue weighted by Gasteiger charge is -2.14. The molecule has 12 heteroatoms. The molecule has 41 heavy (non-hydrogen) atoms. The maximum atomic E-state index is 14.1. The largest absolute Gasteiger partial charge is 0.480 e. The maximum Gasteiger partial charge on any atom is 0.309 e. The van der Waals surface area contributed by atoms with E-state index in [1.54, 1.807) is 40.6 Å². The van der Waals surface area contributed by atoms with Crippen LogP contribution in [0.4, 0.5) is 8.78 Å². The number of aryl methyl sites for hydroxylation is 1. The fourth-order valence-electron chi connectivity index (χ4n) is 4.75. The Morgan fingerprint density at radius 1 is 1.17 bits per heavy atom. The normalized spacial score (nSPS) is 13.5. The van der Waals surface area contributed by atoms with Gasteiger partial charge in [0.15, 0.2) is 5.82 Å². The number of imidazole rings is 1. The predicted octanol–water partition coefficient (Wildman–Crippen LogP) is 5.62. The number of aromatic nitrogens is 7. The Hall–Kier alpha value is -4.32. The molecule has 1 fully saturated rings. The molecular formula is C29H24BrF2N7O2. The highest BCUT2D eigenvalue weighted by atomic mass is 79.9. The van der Waals surface area contributed by atoms with Crippen LogP contribution < -0.4 is 10.3 Å². The van der Waals surface area contributed by atoms with E-state index in [-0.39, 0.29) is 17.8 Å². The third-order valence-electron chi connectivity index (χ3n) is 7.03. The molecule has 5 aromatic rings. The molecule has 0 N–H and O–H groups in total. The molecule has 208 valence electrons. The van der Waals surface area contributed by atoms with Gasteiger partial charge in [-0.2, -0.15) is 8.78 Å². The summed E-state index contributed by atoms with van der Waals surface area (Å²) < 4.78 is 37.2. The molecule has 1 aliphatic carbocycles. The van der Waals surface area contributed by atoms with Crippen molar-refractivity contribution in [2.24, 2.45) is 7.05 Å². The molecule has 4 heterocycles. The summed E-state index contributed by atoms with van der Waals surface area (Å²) in [6.45, 7) is 3.41. The maximum absolute atomic E-state index is 14.1. The Bertz CT molecular complexity index is 1860. The second-order valence-corrected chi connectivity index (χ2v) is 10.7. The van der Waals surface area contributed by atoms with Crippen LogP contribution in [0.5, 0.6) is 5.88 Å². The van der Waals surface area contributed by atoms with Gasteiger partial charge in [0.2, 0.25) is 5.88 Å². The number of allylic oxidation sites excluding steroid dienone is 1. The van der Waals surface area contributed by atoms with Crippen molar-refractivity contribution >= 4 is 27.0 Å². The van der Waals surface area contributed by atoms with Crippen molar-refractivity contribution in [3.63, 3.8) is 0 Å². The molecule has 6 rings (SSSR count). The Kier molecular flexibility index (Phi) is 6.72. The number of methoxy groups -OCH3 is 1. The van der Waals surface area contributed by atoms with Crippen molar-refractivity contribution in [3.05, 3.63) is 93.5 Å². The summed E-state index contributed by atoms with van der Waals surface area (Å²) in [6.07, 6.45) is 7.05.